The standard InChI is InChI=1S/C16H14ClNOS/c17-14-7-11(8-18)5-6-15(14)19-9-12-10-20-16-4-2-1-3-13(12)16/h1-7,10H,8-9,18H2. The van der Waals surface area contributed by atoms with Crippen LogP contribution in [0.3, 0.4) is 0 Å². The second-order valence-electron chi connectivity index (χ2n) is 4.51. The molecule has 0 aliphatic carbocycles. The summed E-state index contributed by atoms with van der Waals surface area (Å²) in [4.78, 5) is 0. The van der Waals surface area contributed by atoms with Crippen LogP contribution < -0.4 is 10.5 Å². The van der Waals surface area contributed by atoms with Crippen LogP contribution in [-0.2, 0) is 13.2 Å². The normalized spacial score (nSPS) is 10.9. The molecule has 3 rings (SSSR count). The first-order valence-corrected chi connectivity index (χ1v) is 7.60. The van der Waals surface area contributed by atoms with Gasteiger partial charge in [-0.3, -0.25) is 0 Å². The average molecular weight is 304 g/mol. The zero-order valence-corrected chi connectivity index (χ0v) is 12.4. The van der Waals surface area contributed by atoms with E-state index in [1.165, 1.54) is 15.6 Å². The van der Waals surface area contributed by atoms with Crippen LogP contribution in [0.25, 0.3) is 10.1 Å². The van der Waals surface area contributed by atoms with E-state index in [1.807, 2.05) is 30.3 Å². The second-order valence-corrected chi connectivity index (χ2v) is 5.83. The first kappa shape index (κ1) is 13.4. The molecule has 0 bridgehead atoms. The number of benzene rings is 2. The molecule has 0 unspecified atom stereocenters. The van der Waals surface area contributed by atoms with Crippen LogP contribution >= 0.6 is 22.9 Å². The van der Waals surface area contributed by atoms with Crippen molar-refractivity contribution < 1.29 is 4.74 Å². The van der Waals surface area contributed by atoms with Crippen molar-refractivity contribution in [2.24, 2.45) is 5.73 Å². The number of nitrogens with two attached hydrogens (primary N) is 1. The van der Waals surface area contributed by atoms with Gasteiger partial charge in [-0.2, -0.15) is 0 Å². The average Bonchev–Trinajstić information content (AvgIpc) is 2.89. The Balaban J connectivity index is 1.79. The molecule has 20 heavy (non-hydrogen) atoms. The molecule has 0 atom stereocenters. The Morgan fingerprint density at radius 3 is 2.80 bits per heavy atom. The number of hydrogen-bond donors (Lipinski definition) is 1. The van der Waals surface area contributed by atoms with E-state index in [9.17, 15) is 0 Å². The van der Waals surface area contributed by atoms with Crippen molar-refractivity contribution in [1.29, 1.82) is 0 Å². The summed E-state index contributed by atoms with van der Waals surface area (Å²) in [6.07, 6.45) is 0. The predicted octanol–water partition coefficient (Wildman–Crippen LogP) is 4.59. The molecule has 0 amide bonds. The zero-order chi connectivity index (χ0) is 13.9. The van der Waals surface area contributed by atoms with E-state index in [0.717, 1.165) is 5.56 Å². The van der Waals surface area contributed by atoms with Crippen LogP contribution in [0.5, 0.6) is 5.75 Å². The molecule has 0 aliphatic rings. The molecule has 0 aliphatic heterocycles. The maximum absolute atomic E-state index is 6.19. The third-order valence-electron chi connectivity index (χ3n) is 3.18. The van der Waals surface area contributed by atoms with Crippen LogP contribution in [-0.4, -0.2) is 0 Å². The number of fused-ring (bicyclic) bond motifs is 1. The van der Waals surface area contributed by atoms with Crippen LogP contribution in [0.4, 0.5) is 0 Å². The van der Waals surface area contributed by atoms with Gasteiger partial charge in [0, 0.05) is 16.8 Å². The fraction of sp³-hybridized carbons (Fsp3) is 0.125. The van der Waals surface area contributed by atoms with Crippen molar-refractivity contribution in [2.75, 3.05) is 0 Å². The first-order valence-electron chi connectivity index (χ1n) is 6.34. The third-order valence-corrected chi connectivity index (χ3v) is 4.48. The van der Waals surface area contributed by atoms with Crippen LogP contribution in [0.15, 0.2) is 47.8 Å². The topological polar surface area (TPSA) is 35.2 Å². The summed E-state index contributed by atoms with van der Waals surface area (Å²) in [7, 11) is 0. The van der Waals surface area contributed by atoms with E-state index in [2.05, 4.69) is 17.5 Å². The summed E-state index contributed by atoms with van der Waals surface area (Å²) >= 11 is 7.92. The van der Waals surface area contributed by atoms with Gasteiger partial charge < -0.3 is 10.5 Å². The Morgan fingerprint density at radius 1 is 1.15 bits per heavy atom. The molecule has 0 saturated carbocycles. The van der Waals surface area contributed by atoms with Crippen molar-refractivity contribution >= 4 is 33.0 Å². The molecular weight excluding hydrogens is 290 g/mol. The molecule has 3 aromatic rings. The summed E-state index contributed by atoms with van der Waals surface area (Å²) in [5, 5.41) is 3.98. The minimum atomic E-state index is 0.481. The van der Waals surface area contributed by atoms with Crippen molar-refractivity contribution in [3.8, 4) is 5.75 Å². The van der Waals surface area contributed by atoms with E-state index in [1.54, 1.807) is 11.3 Å². The number of thiophene rings is 1. The number of hydrogen-bond acceptors (Lipinski definition) is 3. The summed E-state index contributed by atoms with van der Waals surface area (Å²) in [5.74, 6) is 0.694. The van der Waals surface area contributed by atoms with Gasteiger partial charge in [0.1, 0.15) is 12.4 Å². The van der Waals surface area contributed by atoms with Gasteiger partial charge in [0.05, 0.1) is 5.02 Å². The second kappa shape index (κ2) is 5.83. The molecule has 0 saturated heterocycles. The smallest absolute Gasteiger partial charge is 0.138 e. The minimum absolute atomic E-state index is 0.481. The summed E-state index contributed by atoms with van der Waals surface area (Å²) in [6, 6.07) is 14.0. The predicted molar refractivity (Wildman–Crippen MR) is 85.5 cm³/mol. The molecule has 2 aromatic carbocycles. The Hall–Kier alpha value is -1.55. The van der Waals surface area contributed by atoms with Crippen molar-refractivity contribution in [3.05, 3.63) is 64.0 Å². The van der Waals surface area contributed by atoms with E-state index in [0.29, 0.717) is 23.9 Å². The van der Waals surface area contributed by atoms with Gasteiger partial charge >= 0.3 is 0 Å². The third kappa shape index (κ3) is 2.66. The summed E-state index contributed by atoms with van der Waals surface area (Å²) in [5.41, 5.74) is 7.77. The number of rotatable bonds is 4. The highest BCUT2D eigenvalue weighted by Crippen LogP contribution is 2.29. The Labute approximate surface area is 126 Å². The molecule has 2 nitrogen and oxygen atoms in total. The largest absolute Gasteiger partial charge is 0.487 e. The molecule has 0 fully saturated rings. The lowest BCUT2D eigenvalue weighted by molar-refractivity contribution is 0.308. The maximum atomic E-state index is 6.19. The quantitative estimate of drug-likeness (QED) is 0.765. The molecule has 4 heteroatoms. The fourth-order valence-corrected chi connectivity index (χ4v) is 3.29. The van der Waals surface area contributed by atoms with Gasteiger partial charge in [-0.25, -0.2) is 0 Å². The molecule has 2 N–H and O–H groups in total. The molecule has 1 aromatic heterocycles. The van der Waals surface area contributed by atoms with Gasteiger partial charge in [0.25, 0.3) is 0 Å². The first-order chi connectivity index (χ1) is 9.78. The molecule has 0 spiro atoms. The SMILES string of the molecule is NCc1ccc(OCc2csc3ccccc23)c(Cl)c1. The van der Waals surface area contributed by atoms with Gasteiger partial charge in [-0.15, -0.1) is 11.3 Å². The monoisotopic (exact) mass is 303 g/mol. The lowest BCUT2D eigenvalue weighted by Gasteiger charge is -2.08. The van der Waals surface area contributed by atoms with E-state index < -0.39 is 0 Å². The highest BCUT2D eigenvalue weighted by molar-refractivity contribution is 7.17. The van der Waals surface area contributed by atoms with Gasteiger partial charge in [-0.1, -0.05) is 35.9 Å². The van der Waals surface area contributed by atoms with Gasteiger partial charge in [-0.05, 0) is 34.5 Å². The fourth-order valence-electron chi connectivity index (χ4n) is 2.09. The molecule has 102 valence electrons. The Bertz CT molecular complexity index is 738. The van der Waals surface area contributed by atoms with Crippen molar-refractivity contribution in [1.82, 2.24) is 0 Å². The molecule has 1 heterocycles. The Kier molecular flexibility index (Phi) is 3.92. The highest BCUT2D eigenvalue weighted by Gasteiger charge is 2.06. The van der Waals surface area contributed by atoms with Crippen molar-refractivity contribution in [3.63, 3.8) is 0 Å². The van der Waals surface area contributed by atoms with E-state index in [4.69, 9.17) is 22.1 Å². The Morgan fingerprint density at radius 2 is 2.00 bits per heavy atom. The van der Waals surface area contributed by atoms with Crippen LogP contribution in [0.1, 0.15) is 11.1 Å². The highest BCUT2D eigenvalue weighted by atomic mass is 35.5. The maximum Gasteiger partial charge on any atom is 0.138 e. The zero-order valence-electron chi connectivity index (χ0n) is 10.8. The molecule has 0 radical (unpaired) electrons. The van der Waals surface area contributed by atoms with E-state index in [-0.39, 0.29) is 0 Å². The van der Waals surface area contributed by atoms with Gasteiger partial charge in [0.2, 0.25) is 0 Å². The lowest BCUT2D eigenvalue weighted by atomic mass is 10.2. The minimum Gasteiger partial charge on any atom is -0.487 e. The summed E-state index contributed by atoms with van der Waals surface area (Å²) in [6.45, 7) is 1.00. The van der Waals surface area contributed by atoms with Crippen LogP contribution in [0.2, 0.25) is 5.02 Å². The lowest BCUT2D eigenvalue weighted by Crippen LogP contribution is -1.98. The van der Waals surface area contributed by atoms with Gasteiger partial charge in [0.15, 0.2) is 0 Å². The van der Waals surface area contributed by atoms with E-state index >= 15 is 0 Å². The van der Waals surface area contributed by atoms with Crippen LogP contribution in [0, 0.1) is 0 Å². The summed E-state index contributed by atoms with van der Waals surface area (Å²) < 4.78 is 7.10. The number of ether oxygens (including phenoxy) is 1. The molecular formula is C16H14ClNOS. The van der Waals surface area contributed by atoms with Crippen molar-refractivity contribution in [2.45, 2.75) is 13.2 Å². The number of halogens is 1.